The number of amides is 3. The molecule has 210 valence electrons. The SMILES string of the molecule is CCc1ccccc1NC(=O)COC(=O)[C@H](CC(C)C)N1C(=O)[C@H]2C3c4ccccc4C(c4ccccc43)[C@@H]2C1=O. The number of hydrogen-bond donors (Lipinski definition) is 1. The summed E-state index contributed by atoms with van der Waals surface area (Å²) in [6.07, 6.45) is 0.995. The van der Waals surface area contributed by atoms with Gasteiger partial charge in [-0.2, -0.15) is 0 Å². The molecule has 2 bridgehead atoms. The third-order valence-electron chi connectivity index (χ3n) is 8.78. The zero-order valence-electron chi connectivity index (χ0n) is 23.5. The number of benzene rings is 3. The van der Waals surface area contributed by atoms with Crippen molar-refractivity contribution in [2.45, 2.75) is 51.5 Å². The van der Waals surface area contributed by atoms with E-state index in [9.17, 15) is 19.2 Å². The summed E-state index contributed by atoms with van der Waals surface area (Å²) >= 11 is 0. The fraction of sp³-hybridized carbons (Fsp3) is 0.353. The van der Waals surface area contributed by atoms with Crippen LogP contribution in [0.3, 0.4) is 0 Å². The molecule has 0 spiro atoms. The number of likely N-dealkylation sites (tertiary alicyclic amines) is 1. The summed E-state index contributed by atoms with van der Waals surface area (Å²) < 4.78 is 5.47. The highest BCUT2D eigenvalue weighted by Gasteiger charge is 2.63. The molecule has 4 aliphatic rings. The average Bonchev–Trinajstić information content (AvgIpc) is 3.24. The maximum atomic E-state index is 14.2. The highest BCUT2D eigenvalue weighted by Crippen LogP contribution is 2.61. The van der Waals surface area contributed by atoms with Crippen LogP contribution in [0.2, 0.25) is 0 Å². The van der Waals surface area contributed by atoms with E-state index in [4.69, 9.17) is 4.74 Å². The summed E-state index contributed by atoms with van der Waals surface area (Å²) in [5.74, 6) is -3.52. The van der Waals surface area contributed by atoms with Crippen LogP contribution in [0.25, 0.3) is 0 Å². The minimum Gasteiger partial charge on any atom is -0.454 e. The number of carbonyl (C=O) groups excluding carboxylic acids is 4. The fourth-order valence-electron chi connectivity index (χ4n) is 7.13. The van der Waals surface area contributed by atoms with Crippen molar-refractivity contribution in [2.24, 2.45) is 17.8 Å². The van der Waals surface area contributed by atoms with Crippen LogP contribution < -0.4 is 5.32 Å². The molecule has 41 heavy (non-hydrogen) atoms. The molecular formula is C34H34N2O5. The van der Waals surface area contributed by atoms with Gasteiger partial charge in [0, 0.05) is 17.5 Å². The second-order valence-electron chi connectivity index (χ2n) is 11.6. The number of hydrogen-bond acceptors (Lipinski definition) is 5. The van der Waals surface area contributed by atoms with Gasteiger partial charge in [0.25, 0.3) is 5.91 Å². The Morgan fingerprint density at radius 2 is 1.29 bits per heavy atom. The predicted octanol–water partition coefficient (Wildman–Crippen LogP) is 5.04. The van der Waals surface area contributed by atoms with Gasteiger partial charge in [-0.1, -0.05) is 87.5 Å². The molecule has 1 fully saturated rings. The summed E-state index contributed by atoms with van der Waals surface area (Å²) in [7, 11) is 0. The van der Waals surface area contributed by atoms with Gasteiger partial charge in [0.1, 0.15) is 6.04 Å². The van der Waals surface area contributed by atoms with Gasteiger partial charge in [-0.15, -0.1) is 0 Å². The van der Waals surface area contributed by atoms with Crippen molar-refractivity contribution in [3.63, 3.8) is 0 Å². The van der Waals surface area contributed by atoms with Crippen LogP contribution in [-0.4, -0.2) is 41.2 Å². The molecule has 3 aromatic carbocycles. The van der Waals surface area contributed by atoms with Crippen molar-refractivity contribution in [3.05, 3.63) is 101 Å². The lowest BCUT2D eigenvalue weighted by molar-refractivity contribution is -0.160. The molecular weight excluding hydrogens is 516 g/mol. The smallest absolute Gasteiger partial charge is 0.329 e. The zero-order chi connectivity index (χ0) is 28.8. The second kappa shape index (κ2) is 10.6. The number of ether oxygens (including phenoxy) is 1. The fourth-order valence-corrected chi connectivity index (χ4v) is 7.13. The summed E-state index contributed by atoms with van der Waals surface area (Å²) in [6, 6.07) is 22.4. The molecule has 7 nitrogen and oxygen atoms in total. The Morgan fingerprint density at radius 3 is 1.78 bits per heavy atom. The standard InChI is InChI=1S/C34H34N2O5/c1-4-20-11-5-10-16-25(20)35-27(37)18-41-34(40)26(17-19(2)3)36-32(38)30-28-21-12-6-7-13-22(21)29(31(30)33(36)39)24-15-9-8-14-23(24)28/h5-16,19,26,28-31H,4,17-18H2,1-3H3,(H,35,37)/t26-,28?,29?,30-,31-/m0/s1. The zero-order valence-corrected chi connectivity index (χ0v) is 23.5. The van der Waals surface area contributed by atoms with E-state index < -0.39 is 36.4 Å². The highest BCUT2D eigenvalue weighted by molar-refractivity contribution is 6.10. The number of carbonyl (C=O) groups is 4. The van der Waals surface area contributed by atoms with E-state index in [-0.39, 0.29) is 36.0 Å². The van der Waals surface area contributed by atoms with Crippen molar-refractivity contribution in [2.75, 3.05) is 11.9 Å². The number of anilines is 1. The molecule has 1 heterocycles. The first-order chi connectivity index (χ1) is 19.8. The van der Waals surface area contributed by atoms with Gasteiger partial charge in [-0.3, -0.25) is 19.3 Å². The van der Waals surface area contributed by atoms with E-state index >= 15 is 0 Å². The molecule has 7 rings (SSSR count). The van der Waals surface area contributed by atoms with Gasteiger partial charge in [0.05, 0.1) is 11.8 Å². The van der Waals surface area contributed by atoms with E-state index in [0.29, 0.717) is 5.69 Å². The topological polar surface area (TPSA) is 92.8 Å². The van der Waals surface area contributed by atoms with Gasteiger partial charge in [0.2, 0.25) is 11.8 Å². The normalized spacial score (nSPS) is 22.7. The van der Waals surface area contributed by atoms with Crippen LogP contribution in [0.15, 0.2) is 72.8 Å². The van der Waals surface area contributed by atoms with Crippen molar-refractivity contribution in [1.82, 2.24) is 4.90 Å². The van der Waals surface area contributed by atoms with Crippen LogP contribution in [-0.2, 0) is 30.3 Å². The number of nitrogens with zero attached hydrogens (tertiary/aromatic N) is 1. The lowest BCUT2D eigenvalue weighted by atomic mass is 9.55. The summed E-state index contributed by atoms with van der Waals surface area (Å²) in [4.78, 5) is 55.7. The van der Waals surface area contributed by atoms with Gasteiger partial charge in [-0.25, -0.2) is 4.79 Å². The van der Waals surface area contributed by atoms with Crippen molar-refractivity contribution < 1.29 is 23.9 Å². The van der Waals surface area contributed by atoms with Crippen molar-refractivity contribution >= 4 is 29.4 Å². The number of nitrogens with one attached hydrogen (secondary N) is 1. The first-order valence-corrected chi connectivity index (χ1v) is 14.4. The molecule has 1 saturated heterocycles. The number of aryl methyl sites for hydroxylation is 1. The van der Waals surface area contributed by atoms with Crippen LogP contribution in [0.1, 0.15) is 66.8 Å². The minimum atomic E-state index is -1.10. The predicted molar refractivity (Wildman–Crippen MR) is 154 cm³/mol. The first kappa shape index (κ1) is 26.9. The van der Waals surface area contributed by atoms with Crippen molar-refractivity contribution in [3.8, 4) is 0 Å². The highest BCUT2D eigenvalue weighted by atomic mass is 16.5. The Labute approximate surface area is 239 Å². The Bertz CT molecular complexity index is 1430. The van der Waals surface area contributed by atoms with Gasteiger partial charge < -0.3 is 10.1 Å². The van der Waals surface area contributed by atoms with E-state index in [2.05, 4.69) is 29.6 Å². The summed E-state index contributed by atoms with van der Waals surface area (Å²) in [6.45, 7) is 5.35. The Kier molecular flexibility index (Phi) is 6.98. The molecule has 0 unspecified atom stereocenters. The average molecular weight is 551 g/mol. The largest absolute Gasteiger partial charge is 0.454 e. The van der Waals surface area contributed by atoms with Crippen LogP contribution in [0.4, 0.5) is 5.69 Å². The van der Waals surface area contributed by atoms with Crippen LogP contribution in [0.5, 0.6) is 0 Å². The quantitative estimate of drug-likeness (QED) is 0.314. The summed E-state index contributed by atoms with van der Waals surface area (Å²) in [5.41, 5.74) is 5.94. The van der Waals surface area contributed by atoms with Crippen LogP contribution >= 0.6 is 0 Å². The third kappa shape index (κ3) is 4.44. The maximum Gasteiger partial charge on any atom is 0.329 e. The Hall–Kier alpha value is -4.26. The number of imide groups is 1. The molecule has 3 aliphatic carbocycles. The monoisotopic (exact) mass is 550 g/mol. The molecule has 3 aromatic rings. The minimum absolute atomic E-state index is 0.00662. The number of para-hydroxylation sites is 1. The van der Waals surface area contributed by atoms with Gasteiger partial charge in [-0.05, 0) is 52.6 Å². The third-order valence-corrected chi connectivity index (χ3v) is 8.78. The van der Waals surface area contributed by atoms with E-state index in [1.807, 2.05) is 63.2 Å². The molecule has 7 heteroatoms. The van der Waals surface area contributed by atoms with Crippen LogP contribution in [0, 0.1) is 17.8 Å². The lowest BCUT2D eigenvalue weighted by Crippen LogP contribution is -2.47. The molecule has 1 N–H and O–H groups in total. The van der Waals surface area contributed by atoms with Crippen molar-refractivity contribution in [1.29, 1.82) is 0 Å². The van der Waals surface area contributed by atoms with E-state index in [1.165, 1.54) is 4.90 Å². The summed E-state index contributed by atoms with van der Waals surface area (Å²) in [5, 5.41) is 2.80. The second-order valence-corrected chi connectivity index (χ2v) is 11.6. The molecule has 3 atom stereocenters. The molecule has 0 radical (unpaired) electrons. The number of esters is 1. The number of rotatable bonds is 8. The maximum absolute atomic E-state index is 14.2. The molecule has 0 saturated carbocycles. The van der Waals surface area contributed by atoms with E-state index in [1.54, 1.807) is 6.07 Å². The molecule has 1 aliphatic heterocycles. The van der Waals surface area contributed by atoms with E-state index in [0.717, 1.165) is 34.2 Å². The molecule has 0 aromatic heterocycles. The first-order valence-electron chi connectivity index (χ1n) is 14.4. The Balaban J connectivity index is 1.27. The van der Waals surface area contributed by atoms with Gasteiger partial charge in [0.15, 0.2) is 6.61 Å². The Morgan fingerprint density at radius 1 is 0.805 bits per heavy atom. The van der Waals surface area contributed by atoms with Gasteiger partial charge >= 0.3 is 5.97 Å². The lowest BCUT2D eigenvalue weighted by Gasteiger charge is -2.45. The molecule has 3 amide bonds.